The molecule has 0 saturated heterocycles. The minimum absolute atomic E-state index is 0.171. The van der Waals surface area contributed by atoms with Gasteiger partial charge in [0.2, 0.25) is 0 Å². The van der Waals surface area contributed by atoms with Crippen LogP contribution in [0.15, 0.2) is 152 Å². The van der Waals surface area contributed by atoms with Gasteiger partial charge in [-0.2, -0.15) is 5.26 Å². The largest absolute Gasteiger partial charge is 0.238 e. The van der Waals surface area contributed by atoms with Gasteiger partial charge in [-0.25, -0.2) is 9.24 Å². The molecule has 0 aliphatic carbocycles. The lowest BCUT2D eigenvalue weighted by Crippen LogP contribution is -2.16. The van der Waals surface area contributed by atoms with Gasteiger partial charge in [0, 0.05) is 5.56 Å². The number of hydrogen-bond acceptors (Lipinski definition) is 1. The average molecular weight is 994 g/mol. The van der Waals surface area contributed by atoms with Crippen molar-refractivity contribution >= 4 is 5.69 Å². The van der Waals surface area contributed by atoms with E-state index in [9.17, 15) is 4.39 Å². The lowest BCUT2D eigenvalue weighted by atomic mass is 9.80. The van der Waals surface area contributed by atoms with Crippen LogP contribution in [0.5, 0.6) is 0 Å². The minimum Gasteiger partial charge on any atom is -0.238 e. The average Bonchev–Trinajstić information content (AvgIpc) is 3.32. The highest BCUT2D eigenvalue weighted by molar-refractivity contribution is 5.52. The van der Waals surface area contributed by atoms with E-state index in [0.717, 1.165) is 17.5 Å². The van der Waals surface area contributed by atoms with Gasteiger partial charge < -0.3 is 0 Å². The first-order valence-corrected chi connectivity index (χ1v) is 26.2. The van der Waals surface area contributed by atoms with Crippen LogP contribution in [0.4, 0.5) is 10.1 Å². The Morgan fingerprint density at radius 1 is 0.432 bits per heavy atom. The summed E-state index contributed by atoms with van der Waals surface area (Å²) in [5.74, 6) is -0.171. The van der Waals surface area contributed by atoms with Crippen molar-refractivity contribution in [2.24, 2.45) is 0 Å². The van der Waals surface area contributed by atoms with Crippen molar-refractivity contribution in [3.05, 3.63) is 252 Å². The summed E-state index contributed by atoms with van der Waals surface area (Å²) in [6, 6.07) is 52.7. The Labute approximate surface area is 452 Å². The Balaban J connectivity index is 0.000000435. The first kappa shape index (κ1) is 65.5. The normalized spacial score (nSPS) is 10.7. The third-order valence-electron chi connectivity index (χ3n) is 12.3. The predicted octanol–water partition coefficient (Wildman–Crippen LogP) is 20.9. The monoisotopic (exact) mass is 993 g/mol. The predicted molar refractivity (Wildman–Crippen MR) is 323 cm³/mol. The first-order chi connectivity index (χ1) is 34.2. The van der Waals surface area contributed by atoms with Gasteiger partial charge in [-0.05, 0) is 165 Å². The number of benzene rings is 7. The molecule has 0 aliphatic rings. The zero-order valence-corrected chi connectivity index (χ0v) is 49.9. The molecule has 0 unspecified atom stereocenters. The second kappa shape index (κ2) is 30.6. The highest BCUT2D eigenvalue weighted by Gasteiger charge is 2.20. The molecule has 2 nitrogen and oxygen atoms in total. The molecule has 0 heterocycles. The molecule has 0 spiro atoms. The molecule has 0 aromatic heterocycles. The molecule has 0 N–H and O–H groups in total. The summed E-state index contributed by atoms with van der Waals surface area (Å²) in [4.78, 5) is 3.24. The molecular formula is C71H93FN2. The van der Waals surface area contributed by atoms with Gasteiger partial charge >= 0.3 is 0 Å². The highest BCUT2D eigenvalue weighted by atomic mass is 19.1. The molecule has 7 aromatic rings. The number of hydrogen-bond donors (Lipinski definition) is 0. The Morgan fingerprint density at radius 2 is 0.851 bits per heavy atom. The summed E-state index contributed by atoms with van der Waals surface area (Å²) in [5, 5.41) is 8.53. The highest BCUT2D eigenvalue weighted by Crippen LogP contribution is 2.30. The van der Waals surface area contributed by atoms with Crippen molar-refractivity contribution in [1.29, 1.82) is 5.26 Å². The molecule has 0 radical (unpaired) electrons. The van der Waals surface area contributed by atoms with Crippen LogP contribution in [0.3, 0.4) is 0 Å². The lowest BCUT2D eigenvalue weighted by Gasteiger charge is -2.25. The van der Waals surface area contributed by atoms with Crippen molar-refractivity contribution in [2.75, 3.05) is 0 Å². The quantitative estimate of drug-likeness (QED) is 0.151. The smallest absolute Gasteiger partial charge is 0.188 e. The van der Waals surface area contributed by atoms with Crippen LogP contribution in [0.25, 0.3) is 4.85 Å². The third-order valence-corrected chi connectivity index (χ3v) is 12.3. The lowest BCUT2D eigenvalue weighted by molar-refractivity contribution is 0.567. The van der Waals surface area contributed by atoms with E-state index < -0.39 is 0 Å². The summed E-state index contributed by atoms with van der Waals surface area (Å²) in [5.41, 5.74) is 21.0. The van der Waals surface area contributed by atoms with Crippen LogP contribution < -0.4 is 0 Å². The molecule has 0 aliphatic heterocycles. The van der Waals surface area contributed by atoms with Crippen LogP contribution >= 0.6 is 0 Å². The third kappa shape index (κ3) is 25.9. The maximum atomic E-state index is 12.1. The summed E-state index contributed by atoms with van der Waals surface area (Å²) in [6.07, 6.45) is 1.14. The number of rotatable bonds is 1. The van der Waals surface area contributed by atoms with Gasteiger partial charge in [0.05, 0.1) is 12.6 Å². The second-order valence-corrected chi connectivity index (χ2v) is 23.7. The number of aryl methyl sites for hydroxylation is 9. The topological polar surface area (TPSA) is 28.1 Å². The molecule has 394 valence electrons. The first-order valence-electron chi connectivity index (χ1n) is 26.2. The molecule has 0 bridgehead atoms. The second-order valence-electron chi connectivity index (χ2n) is 23.7. The molecule has 74 heavy (non-hydrogen) atoms. The van der Waals surface area contributed by atoms with Gasteiger partial charge in [0.15, 0.2) is 5.69 Å². The number of halogens is 1. The fraction of sp³-hybridized carbons (Fsp3) is 0.380. The Kier molecular flexibility index (Phi) is 27.1. The standard InChI is InChI=1S/C15H24.2C11H16.C10H14.C9H6N2.C8H10.C7H7F/c1-11-8-12(14(2,3)4)10-13(9-11)15(5,6)7;1-9-5-7-10(8-6-9)11(2,3)4;1-9-7-5-6-8-10(9)11(2,3)4;1-7-5-8(2)10(4)9(3)6-7;1-7-3-8(6-10)5-9(4-7)11-2;1-2-8-6-4-3-5-7-8;1-6-2-4-7(8)5-3-6/h8-10H,1-7H3;2*5-8H,1-4H3;5-6H,1-4H3;3-5H,1H3;3-7H,2H2,1H3;2-5H,1H3. The molecule has 0 saturated carbocycles. The van der Waals surface area contributed by atoms with Gasteiger partial charge in [-0.1, -0.05) is 245 Å². The Bertz CT molecular complexity index is 2710. The zero-order chi connectivity index (χ0) is 56.6. The van der Waals surface area contributed by atoms with Crippen LogP contribution in [0, 0.1) is 86.0 Å². The van der Waals surface area contributed by atoms with E-state index in [1.165, 1.54) is 78.9 Å². The summed E-state index contributed by atoms with van der Waals surface area (Å²) >= 11 is 0. The van der Waals surface area contributed by atoms with Crippen LogP contribution in [0.1, 0.15) is 173 Å². The number of nitriles is 1. The summed E-state index contributed by atoms with van der Waals surface area (Å²) < 4.78 is 12.1. The molecule has 0 amide bonds. The molecule has 3 heteroatoms. The zero-order valence-electron chi connectivity index (χ0n) is 49.9. The summed E-state index contributed by atoms with van der Waals surface area (Å²) in [6.45, 7) is 54.9. The van der Waals surface area contributed by atoms with E-state index in [-0.39, 0.29) is 27.5 Å². The van der Waals surface area contributed by atoms with Crippen molar-refractivity contribution in [1.82, 2.24) is 0 Å². The van der Waals surface area contributed by atoms with E-state index >= 15 is 0 Å². The molecule has 7 aromatic carbocycles. The van der Waals surface area contributed by atoms with Crippen LogP contribution in [-0.2, 0) is 28.1 Å². The molecule has 7 rings (SSSR count). The van der Waals surface area contributed by atoms with E-state index in [4.69, 9.17) is 11.8 Å². The van der Waals surface area contributed by atoms with Gasteiger partial charge in [0.1, 0.15) is 5.82 Å². The Morgan fingerprint density at radius 3 is 1.22 bits per heavy atom. The van der Waals surface area contributed by atoms with Gasteiger partial charge in [-0.15, -0.1) is 0 Å². The van der Waals surface area contributed by atoms with Crippen molar-refractivity contribution in [2.45, 2.75) is 180 Å². The molecule has 0 fully saturated rings. The Hall–Kier alpha value is -6.55. The fourth-order valence-corrected chi connectivity index (χ4v) is 7.51. The van der Waals surface area contributed by atoms with Gasteiger partial charge in [0.25, 0.3) is 0 Å². The van der Waals surface area contributed by atoms with Crippen LogP contribution in [0.2, 0.25) is 0 Å². The van der Waals surface area contributed by atoms with E-state index in [1.807, 2.05) is 26.0 Å². The van der Waals surface area contributed by atoms with Gasteiger partial charge in [-0.3, -0.25) is 0 Å². The maximum absolute atomic E-state index is 12.1. The van der Waals surface area contributed by atoms with E-state index in [1.54, 1.807) is 30.3 Å². The number of nitrogens with zero attached hydrogens (tertiary/aromatic N) is 2. The SMILES string of the molecule is CCc1ccccc1.Cc1cc(C(C)(C)C)cc(C(C)(C)C)c1.Cc1cc(C)c(C)c(C)c1.Cc1ccc(C(C)(C)C)cc1.Cc1ccc(F)cc1.Cc1ccccc1C(C)(C)C.[C-]#[N+]c1cc(C)cc(C#N)c1. The van der Waals surface area contributed by atoms with E-state index in [0.29, 0.717) is 11.3 Å². The maximum Gasteiger partial charge on any atom is 0.188 e. The molecule has 0 atom stereocenters. The van der Waals surface area contributed by atoms with Crippen molar-refractivity contribution in [3.8, 4) is 6.07 Å². The van der Waals surface area contributed by atoms with Crippen molar-refractivity contribution < 1.29 is 4.39 Å². The fourth-order valence-electron chi connectivity index (χ4n) is 7.51. The molecular weight excluding hydrogens is 900 g/mol. The minimum atomic E-state index is -0.171. The summed E-state index contributed by atoms with van der Waals surface area (Å²) in [7, 11) is 0. The van der Waals surface area contributed by atoms with Crippen LogP contribution in [-0.4, -0.2) is 0 Å². The van der Waals surface area contributed by atoms with E-state index in [2.05, 4.69) is 246 Å². The van der Waals surface area contributed by atoms with Crippen molar-refractivity contribution in [3.63, 3.8) is 0 Å².